The van der Waals surface area contributed by atoms with Gasteiger partial charge in [0.15, 0.2) is 0 Å². The molecule has 0 saturated heterocycles. The van der Waals surface area contributed by atoms with Crippen LogP contribution in [0.2, 0.25) is 0 Å². The summed E-state index contributed by atoms with van der Waals surface area (Å²) >= 11 is 0. The predicted octanol–water partition coefficient (Wildman–Crippen LogP) is 4.61. The minimum absolute atomic E-state index is 0.235. The zero-order chi connectivity index (χ0) is 16.8. The Hall–Kier alpha value is -3.27. The normalized spacial score (nSPS) is 10.7. The van der Waals surface area contributed by atoms with Crippen LogP contribution in [0.15, 0.2) is 77.2 Å². The fourth-order valence-electron chi connectivity index (χ4n) is 2.24. The van der Waals surface area contributed by atoms with Gasteiger partial charge >= 0.3 is 0 Å². The molecular formula is C20H17NO3. The zero-order valence-corrected chi connectivity index (χ0v) is 13.2. The van der Waals surface area contributed by atoms with Crippen LogP contribution in [0, 0.1) is 0 Å². The number of furan rings is 1. The Bertz CT molecular complexity index is 850. The first kappa shape index (κ1) is 15.6. The fourth-order valence-corrected chi connectivity index (χ4v) is 2.24. The van der Waals surface area contributed by atoms with Crippen molar-refractivity contribution in [1.29, 1.82) is 0 Å². The van der Waals surface area contributed by atoms with Gasteiger partial charge in [-0.1, -0.05) is 36.4 Å². The van der Waals surface area contributed by atoms with Crippen LogP contribution < -0.4 is 10.1 Å². The third kappa shape index (κ3) is 3.93. The van der Waals surface area contributed by atoms with E-state index >= 15 is 0 Å². The second kappa shape index (κ2) is 7.33. The first-order chi connectivity index (χ1) is 11.7. The molecule has 3 rings (SSSR count). The molecule has 1 aromatic heterocycles. The summed E-state index contributed by atoms with van der Waals surface area (Å²) in [6.45, 7) is 0. The molecule has 0 saturated carbocycles. The Morgan fingerprint density at radius 1 is 1.04 bits per heavy atom. The molecule has 0 spiro atoms. The van der Waals surface area contributed by atoms with E-state index in [-0.39, 0.29) is 5.91 Å². The highest BCUT2D eigenvalue weighted by atomic mass is 16.5. The molecule has 0 radical (unpaired) electrons. The highest BCUT2D eigenvalue weighted by Gasteiger charge is 2.03. The number of hydrogen-bond acceptors (Lipinski definition) is 3. The highest BCUT2D eigenvalue weighted by molar-refractivity contribution is 6.01. The lowest BCUT2D eigenvalue weighted by atomic mass is 10.2. The third-order valence-corrected chi connectivity index (χ3v) is 3.42. The first-order valence-corrected chi connectivity index (χ1v) is 7.53. The van der Waals surface area contributed by atoms with Crippen LogP contribution in [0.3, 0.4) is 0 Å². The summed E-state index contributed by atoms with van der Waals surface area (Å²) in [4.78, 5) is 12.0. The molecule has 0 fully saturated rings. The van der Waals surface area contributed by atoms with Gasteiger partial charge in [-0.15, -0.1) is 0 Å². The Kier molecular flexibility index (Phi) is 4.77. The number of carbonyl (C=O) groups is 1. The Labute approximate surface area is 140 Å². The molecule has 120 valence electrons. The molecule has 24 heavy (non-hydrogen) atoms. The average Bonchev–Trinajstić information content (AvgIpc) is 3.10. The maximum absolute atomic E-state index is 12.0. The molecule has 1 amide bonds. The van der Waals surface area contributed by atoms with E-state index in [0.29, 0.717) is 17.2 Å². The number of ether oxygens (including phenoxy) is 1. The quantitative estimate of drug-likeness (QED) is 0.699. The Balaban J connectivity index is 1.65. The topological polar surface area (TPSA) is 51.5 Å². The molecule has 3 aromatic rings. The maximum atomic E-state index is 12.0. The molecular weight excluding hydrogens is 302 g/mol. The fraction of sp³-hybridized carbons (Fsp3) is 0.0500. The van der Waals surface area contributed by atoms with Crippen LogP contribution in [-0.4, -0.2) is 13.0 Å². The summed E-state index contributed by atoms with van der Waals surface area (Å²) in [5.41, 5.74) is 1.67. The van der Waals surface area contributed by atoms with Crippen LogP contribution in [0.1, 0.15) is 5.76 Å². The largest absolute Gasteiger partial charge is 0.497 e. The molecule has 2 aromatic carbocycles. The number of nitrogens with one attached hydrogen (secondary N) is 1. The molecule has 0 aliphatic rings. The van der Waals surface area contributed by atoms with E-state index < -0.39 is 0 Å². The van der Waals surface area contributed by atoms with Gasteiger partial charge in [0.2, 0.25) is 5.91 Å². The van der Waals surface area contributed by atoms with Gasteiger partial charge in [0.25, 0.3) is 0 Å². The highest BCUT2D eigenvalue weighted by Crippen LogP contribution is 2.22. The van der Waals surface area contributed by atoms with Crippen LogP contribution in [0.4, 0.5) is 5.69 Å². The minimum atomic E-state index is -0.235. The van der Waals surface area contributed by atoms with Gasteiger partial charge in [-0.2, -0.15) is 0 Å². The Morgan fingerprint density at radius 3 is 2.67 bits per heavy atom. The van der Waals surface area contributed by atoms with Crippen molar-refractivity contribution in [3.8, 4) is 17.1 Å². The second-order valence-corrected chi connectivity index (χ2v) is 5.12. The van der Waals surface area contributed by atoms with Gasteiger partial charge in [-0.05, 0) is 30.3 Å². The second-order valence-electron chi connectivity index (χ2n) is 5.12. The summed E-state index contributed by atoms with van der Waals surface area (Å²) < 4.78 is 10.8. The lowest BCUT2D eigenvalue weighted by molar-refractivity contribution is -0.111. The SMILES string of the molecule is COc1cccc(NC(=O)C=Cc2ccc(-c3ccccc3)o2)c1. The number of anilines is 1. The van der Waals surface area contributed by atoms with E-state index in [0.717, 1.165) is 11.3 Å². The Morgan fingerprint density at radius 2 is 1.88 bits per heavy atom. The van der Waals surface area contributed by atoms with Gasteiger partial charge < -0.3 is 14.5 Å². The van der Waals surface area contributed by atoms with Gasteiger partial charge in [-0.25, -0.2) is 0 Å². The number of amides is 1. The van der Waals surface area contributed by atoms with E-state index in [1.54, 1.807) is 25.3 Å². The smallest absolute Gasteiger partial charge is 0.248 e. The predicted molar refractivity (Wildman–Crippen MR) is 94.8 cm³/mol. The number of rotatable bonds is 5. The van der Waals surface area contributed by atoms with Gasteiger partial charge in [0, 0.05) is 23.4 Å². The van der Waals surface area contributed by atoms with E-state index in [1.807, 2.05) is 54.6 Å². The van der Waals surface area contributed by atoms with E-state index in [4.69, 9.17) is 9.15 Å². The lowest BCUT2D eigenvalue weighted by Crippen LogP contribution is -2.07. The van der Waals surface area contributed by atoms with Crippen LogP contribution in [0.25, 0.3) is 17.4 Å². The molecule has 1 N–H and O–H groups in total. The van der Waals surface area contributed by atoms with Gasteiger partial charge in [0.05, 0.1) is 7.11 Å². The number of methoxy groups -OCH3 is 1. The van der Waals surface area contributed by atoms with Gasteiger partial charge in [0.1, 0.15) is 17.3 Å². The van der Waals surface area contributed by atoms with Crippen molar-refractivity contribution >= 4 is 17.7 Å². The molecule has 0 unspecified atom stereocenters. The van der Waals surface area contributed by atoms with Crippen molar-refractivity contribution in [1.82, 2.24) is 0 Å². The van der Waals surface area contributed by atoms with Crippen LogP contribution in [-0.2, 0) is 4.79 Å². The molecule has 0 aliphatic carbocycles. The summed E-state index contributed by atoms with van der Waals surface area (Å²) in [6, 6.07) is 20.7. The monoisotopic (exact) mass is 319 g/mol. The third-order valence-electron chi connectivity index (χ3n) is 3.42. The molecule has 0 bridgehead atoms. The van der Waals surface area contributed by atoms with E-state index in [1.165, 1.54) is 6.08 Å². The van der Waals surface area contributed by atoms with Crippen molar-refractivity contribution in [3.63, 3.8) is 0 Å². The van der Waals surface area contributed by atoms with Crippen LogP contribution in [0.5, 0.6) is 5.75 Å². The van der Waals surface area contributed by atoms with Crippen molar-refractivity contribution in [3.05, 3.63) is 78.6 Å². The average molecular weight is 319 g/mol. The minimum Gasteiger partial charge on any atom is -0.497 e. The summed E-state index contributed by atoms with van der Waals surface area (Å²) in [7, 11) is 1.59. The first-order valence-electron chi connectivity index (χ1n) is 7.53. The molecule has 0 atom stereocenters. The maximum Gasteiger partial charge on any atom is 0.248 e. The molecule has 4 heteroatoms. The summed E-state index contributed by atoms with van der Waals surface area (Å²) in [5, 5.41) is 2.78. The van der Waals surface area contributed by atoms with E-state index in [9.17, 15) is 4.79 Å². The number of hydrogen-bond donors (Lipinski definition) is 1. The molecule has 1 heterocycles. The van der Waals surface area contributed by atoms with Crippen molar-refractivity contribution in [2.45, 2.75) is 0 Å². The lowest BCUT2D eigenvalue weighted by Gasteiger charge is -2.04. The van der Waals surface area contributed by atoms with Crippen molar-refractivity contribution in [2.75, 3.05) is 12.4 Å². The number of benzene rings is 2. The van der Waals surface area contributed by atoms with Crippen molar-refractivity contribution in [2.24, 2.45) is 0 Å². The summed E-state index contributed by atoms with van der Waals surface area (Å²) in [5.74, 6) is 1.84. The van der Waals surface area contributed by atoms with E-state index in [2.05, 4.69) is 5.32 Å². The standard InChI is InChI=1S/C20H17NO3/c1-23-18-9-5-8-16(14-18)21-20(22)13-11-17-10-12-19(24-17)15-6-3-2-4-7-15/h2-14H,1H3,(H,21,22). The summed E-state index contributed by atoms with van der Waals surface area (Å²) in [6.07, 6.45) is 3.08. The van der Waals surface area contributed by atoms with Crippen molar-refractivity contribution < 1.29 is 13.9 Å². The molecule has 4 nitrogen and oxygen atoms in total. The molecule has 0 aliphatic heterocycles. The van der Waals surface area contributed by atoms with Gasteiger partial charge in [-0.3, -0.25) is 4.79 Å². The van der Waals surface area contributed by atoms with Crippen LogP contribution >= 0.6 is 0 Å². The zero-order valence-electron chi connectivity index (χ0n) is 13.2. The number of carbonyl (C=O) groups excluding carboxylic acids is 1.